The summed E-state index contributed by atoms with van der Waals surface area (Å²) in [5.74, 6) is -0.631. The molecule has 3 amide bonds. The van der Waals surface area contributed by atoms with E-state index in [-0.39, 0.29) is 13.0 Å². The van der Waals surface area contributed by atoms with Gasteiger partial charge in [-0.25, -0.2) is 4.79 Å². The van der Waals surface area contributed by atoms with E-state index in [0.717, 1.165) is 0 Å². The van der Waals surface area contributed by atoms with Crippen LogP contribution in [0.5, 0.6) is 0 Å². The van der Waals surface area contributed by atoms with E-state index >= 15 is 0 Å². The molecule has 7 nitrogen and oxygen atoms in total. The third kappa shape index (κ3) is 1.26. The third-order valence-corrected chi connectivity index (χ3v) is 2.35. The number of imide groups is 1. The molecule has 0 bridgehead atoms. The van der Waals surface area contributed by atoms with Crippen LogP contribution in [0.15, 0.2) is 0 Å². The molecular formula is C7H10N2O5. The number of aliphatic hydroxyl groups is 2. The van der Waals surface area contributed by atoms with Gasteiger partial charge in [0.15, 0.2) is 0 Å². The van der Waals surface area contributed by atoms with Gasteiger partial charge in [-0.15, -0.1) is 0 Å². The molecule has 0 aliphatic carbocycles. The Morgan fingerprint density at radius 3 is 2.57 bits per heavy atom. The summed E-state index contributed by atoms with van der Waals surface area (Å²) in [7, 11) is 0. The van der Waals surface area contributed by atoms with E-state index in [0.29, 0.717) is 0 Å². The summed E-state index contributed by atoms with van der Waals surface area (Å²) in [6.45, 7) is -0.186. The summed E-state index contributed by atoms with van der Waals surface area (Å²) >= 11 is 0. The second-order valence-electron chi connectivity index (χ2n) is 3.39. The number of amides is 3. The lowest BCUT2D eigenvalue weighted by molar-refractivity contribution is -0.184. The highest BCUT2D eigenvalue weighted by atomic mass is 16.5. The Hall–Kier alpha value is -1.18. The van der Waals surface area contributed by atoms with Gasteiger partial charge in [0, 0.05) is 6.42 Å². The number of rotatable bonds is 0. The molecule has 2 aliphatic heterocycles. The van der Waals surface area contributed by atoms with Gasteiger partial charge in [-0.3, -0.25) is 10.1 Å². The van der Waals surface area contributed by atoms with E-state index in [1.807, 2.05) is 5.32 Å². The highest BCUT2D eigenvalue weighted by molar-refractivity contribution is 6.06. The summed E-state index contributed by atoms with van der Waals surface area (Å²) in [5.41, 5.74) is -1.50. The zero-order valence-electron chi connectivity index (χ0n) is 7.19. The van der Waals surface area contributed by atoms with Crippen molar-refractivity contribution in [2.45, 2.75) is 24.4 Å². The van der Waals surface area contributed by atoms with E-state index in [2.05, 4.69) is 5.32 Å². The molecule has 2 fully saturated rings. The predicted molar refractivity (Wildman–Crippen MR) is 42.0 cm³/mol. The van der Waals surface area contributed by atoms with Crippen LogP contribution >= 0.6 is 0 Å². The SMILES string of the molecule is O=C1NC(=O)[C@]2(C[C@H](O)[C@H](O)CO2)N1. The molecule has 0 radical (unpaired) electrons. The molecule has 4 N–H and O–H groups in total. The first-order valence-corrected chi connectivity index (χ1v) is 4.17. The molecule has 3 atom stereocenters. The van der Waals surface area contributed by atoms with E-state index < -0.39 is 29.9 Å². The molecule has 0 saturated carbocycles. The molecule has 0 aromatic carbocycles. The number of carbonyl (C=O) groups is 2. The van der Waals surface area contributed by atoms with Crippen molar-refractivity contribution in [2.24, 2.45) is 0 Å². The van der Waals surface area contributed by atoms with Crippen LogP contribution in [0.3, 0.4) is 0 Å². The molecule has 78 valence electrons. The number of aliphatic hydroxyl groups excluding tert-OH is 2. The maximum absolute atomic E-state index is 11.3. The van der Waals surface area contributed by atoms with Crippen LogP contribution in [-0.4, -0.2) is 46.7 Å². The number of hydrogen-bond donors (Lipinski definition) is 4. The van der Waals surface area contributed by atoms with Crippen LogP contribution < -0.4 is 10.6 Å². The van der Waals surface area contributed by atoms with Crippen molar-refractivity contribution >= 4 is 11.9 Å². The van der Waals surface area contributed by atoms with Crippen molar-refractivity contribution in [3.63, 3.8) is 0 Å². The van der Waals surface area contributed by atoms with Gasteiger partial charge in [-0.1, -0.05) is 0 Å². The Morgan fingerprint density at radius 2 is 2.07 bits per heavy atom. The van der Waals surface area contributed by atoms with Crippen molar-refractivity contribution in [1.29, 1.82) is 0 Å². The molecule has 7 heteroatoms. The zero-order chi connectivity index (χ0) is 10.3. The first-order chi connectivity index (χ1) is 6.53. The molecule has 0 unspecified atom stereocenters. The second kappa shape index (κ2) is 2.91. The normalized spacial score (nSPS) is 42.4. The number of urea groups is 1. The number of nitrogens with one attached hydrogen (secondary N) is 2. The van der Waals surface area contributed by atoms with Crippen LogP contribution in [0.4, 0.5) is 4.79 Å². The van der Waals surface area contributed by atoms with E-state index in [1.54, 1.807) is 0 Å². The molecule has 2 rings (SSSR count). The molecule has 14 heavy (non-hydrogen) atoms. The summed E-state index contributed by atoms with van der Waals surface area (Å²) in [6.07, 6.45) is -2.25. The average molecular weight is 202 g/mol. The van der Waals surface area contributed by atoms with E-state index in [1.165, 1.54) is 0 Å². The second-order valence-corrected chi connectivity index (χ2v) is 3.39. The van der Waals surface area contributed by atoms with Crippen molar-refractivity contribution in [2.75, 3.05) is 6.61 Å². The summed E-state index contributed by atoms with van der Waals surface area (Å²) in [5, 5.41) is 22.8. The topological polar surface area (TPSA) is 108 Å². The lowest BCUT2D eigenvalue weighted by Crippen LogP contribution is -2.58. The first kappa shape index (κ1) is 9.38. The maximum atomic E-state index is 11.3. The van der Waals surface area contributed by atoms with Crippen molar-refractivity contribution in [3.05, 3.63) is 0 Å². The van der Waals surface area contributed by atoms with Crippen molar-refractivity contribution < 1.29 is 24.5 Å². The Morgan fingerprint density at radius 1 is 1.36 bits per heavy atom. The average Bonchev–Trinajstić information content (AvgIpc) is 2.36. The Balaban J connectivity index is 2.18. The van der Waals surface area contributed by atoms with Gasteiger partial charge >= 0.3 is 6.03 Å². The Labute approximate surface area is 79.0 Å². The minimum absolute atomic E-state index is 0.147. The Bertz CT molecular complexity index is 294. The lowest BCUT2D eigenvalue weighted by Gasteiger charge is -2.35. The summed E-state index contributed by atoms with van der Waals surface area (Å²) in [6, 6.07) is -0.654. The molecule has 0 aromatic rings. The minimum Gasteiger partial charge on any atom is -0.390 e. The summed E-state index contributed by atoms with van der Waals surface area (Å²) in [4.78, 5) is 22.1. The highest BCUT2D eigenvalue weighted by Gasteiger charge is 2.52. The predicted octanol–water partition coefficient (Wildman–Crippen LogP) is -2.34. The quantitative estimate of drug-likeness (QED) is 0.329. The van der Waals surface area contributed by atoms with Crippen molar-refractivity contribution in [1.82, 2.24) is 10.6 Å². The fourth-order valence-corrected chi connectivity index (χ4v) is 1.55. The number of hydrogen-bond acceptors (Lipinski definition) is 5. The minimum atomic E-state index is -1.50. The third-order valence-electron chi connectivity index (χ3n) is 2.35. The maximum Gasteiger partial charge on any atom is 0.324 e. The fourth-order valence-electron chi connectivity index (χ4n) is 1.55. The number of ether oxygens (including phenoxy) is 1. The van der Waals surface area contributed by atoms with Gasteiger partial charge in [0.1, 0.15) is 6.10 Å². The van der Waals surface area contributed by atoms with Gasteiger partial charge in [-0.2, -0.15) is 0 Å². The van der Waals surface area contributed by atoms with Gasteiger partial charge in [0.2, 0.25) is 5.72 Å². The monoisotopic (exact) mass is 202 g/mol. The van der Waals surface area contributed by atoms with Crippen LogP contribution in [0.2, 0.25) is 0 Å². The molecule has 0 aromatic heterocycles. The van der Waals surface area contributed by atoms with E-state index in [9.17, 15) is 14.7 Å². The first-order valence-electron chi connectivity index (χ1n) is 4.17. The smallest absolute Gasteiger partial charge is 0.324 e. The van der Waals surface area contributed by atoms with Gasteiger partial charge in [-0.05, 0) is 0 Å². The van der Waals surface area contributed by atoms with Gasteiger partial charge < -0.3 is 20.3 Å². The molecule has 2 aliphatic rings. The molecule has 2 saturated heterocycles. The standard InChI is InChI=1S/C7H10N2O5/c10-3-1-7(14-2-4(3)11)5(12)8-6(13)9-7/h3-4,10-11H,1-2H2,(H2,8,9,12,13)/t3-,4+,7+/m0/s1. The molecule has 1 spiro atoms. The largest absolute Gasteiger partial charge is 0.390 e. The summed E-state index contributed by atoms with van der Waals surface area (Å²) < 4.78 is 5.04. The zero-order valence-corrected chi connectivity index (χ0v) is 7.19. The molecule has 2 heterocycles. The van der Waals surface area contributed by atoms with Crippen LogP contribution in [0.1, 0.15) is 6.42 Å². The number of carbonyl (C=O) groups excluding carboxylic acids is 2. The van der Waals surface area contributed by atoms with Crippen LogP contribution in [-0.2, 0) is 9.53 Å². The molecular weight excluding hydrogens is 192 g/mol. The Kier molecular flexibility index (Phi) is 1.95. The van der Waals surface area contributed by atoms with Crippen LogP contribution in [0.25, 0.3) is 0 Å². The highest BCUT2D eigenvalue weighted by Crippen LogP contribution is 2.25. The van der Waals surface area contributed by atoms with Crippen molar-refractivity contribution in [3.8, 4) is 0 Å². The lowest BCUT2D eigenvalue weighted by atomic mass is 9.98. The van der Waals surface area contributed by atoms with Gasteiger partial charge in [0.05, 0.1) is 12.7 Å². The van der Waals surface area contributed by atoms with Crippen LogP contribution in [0, 0.1) is 0 Å². The van der Waals surface area contributed by atoms with E-state index in [4.69, 9.17) is 9.84 Å². The van der Waals surface area contributed by atoms with Gasteiger partial charge in [0.25, 0.3) is 5.91 Å². The fraction of sp³-hybridized carbons (Fsp3) is 0.714.